The van der Waals surface area contributed by atoms with E-state index in [-0.39, 0.29) is 23.6 Å². The van der Waals surface area contributed by atoms with Crippen LogP contribution in [0.15, 0.2) is 46.2 Å². The molecular formula is C15H16Cl2N2O4S. The number of para-hydroxylation sites is 1. The zero-order valence-corrected chi connectivity index (χ0v) is 15.4. The molecule has 1 aromatic carbocycles. The van der Waals surface area contributed by atoms with Gasteiger partial charge in [-0.05, 0) is 18.2 Å². The fourth-order valence-electron chi connectivity index (χ4n) is 1.91. The van der Waals surface area contributed by atoms with E-state index in [2.05, 4.69) is 0 Å². The first-order valence-electron chi connectivity index (χ1n) is 6.93. The molecule has 1 heterocycles. The number of hydrogen-bond acceptors (Lipinski definition) is 4. The summed E-state index contributed by atoms with van der Waals surface area (Å²) < 4.78 is 32.1. The normalized spacial score (nSPS) is 11.7. The molecule has 0 spiro atoms. The van der Waals surface area contributed by atoms with Gasteiger partial charge in [0.1, 0.15) is 6.61 Å². The van der Waals surface area contributed by atoms with E-state index in [0.717, 1.165) is 4.31 Å². The summed E-state index contributed by atoms with van der Waals surface area (Å²) in [6.45, 7) is 0.256. The third-order valence-electron chi connectivity index (χ3n) is 3.23. The number of pyridine rings is 1. The zero-order valence-electron chi connectivity index (χ0n) is 13.1. The Morgan fingerprint density at radius 3 is 2.33 bits per heavy atom. The van der Waals surface area contributed by atoms with Crippen LogP contribution in [0, 0.1) is 0 Å². The molecule has 9 heteroatoms. The predicted molar refractivity (Wildman–Crippen MR) is 93.5 cm³/mol. The van der Waals surface area contributed by atoms with E-state index < -0.39 is 10.0 Å². The van der Waals surface area contributed by atoms with Crippen molar-refractivity contribution < 1.29 is 13.2 Å². The largest absolute Gasteiger partial charge is 0.489 e. The van der Waals surface area contributed by atoms with Crippen LogP contribution in [0.25, 0.3) is 0 Å². The lowest BCUT2D eigenvalue weighted by Gasteiger charge is -2.14. The number of ether oxygens (including phenoxy) is 1. The molecule has 1 aromatic heterocycles. The number of benzene rings is 1. The summed E-state index contributed by atoms with van der Waals surface area (Å²) in [5.74, 6) is 0.325. The van der Waals surface area contributed by atoms with E-state index in [1.807, 2.05) is 0 Å². The van der Waals surface area contributed by atoms with E-state index in [1.54, 1.807) is 18.2 Å². The van der Waals surface area contributed by atoms with Crippen molar-refractivity contribution >= 4 is 33.2 Å². The molecule has 0 aliphatic rings. The van der Waals surface area contributed by atoms with Gasteiger partial charge in [-0.3, -0.25) is 4.79 Å². The fraction of sp³-hybridized carbons (Fsp3) is 0.267. The lowest BCUT2D eigenvalue weighted by atomic mass is 10.3. The van der Waals surface area contributed by atoms with Crippen molar-refractivity contribution in [2.75, 3.05) is 20.7 Å². The molecule has 0 atom stereocenters. The molecule has 0 aliphatic heterocycles. The van der Waals surface area contributed by atoms with Gasteiger partial charge in [0, 0.05) is 26.4 Å². The average Bonchev–Trinajstić information content (AvgIpc) is 2.51. The molecule has 0 bridgehead atoms. The van der Waals surface area contributed by atoms with Crippen molar-refractivity contribution in [3.63, 3.8) is 0 Å². The number of aromatic nitrogens is 1. The molecule has 0 unspecified atom stereocenters. The van der Waals surface area contributed by atoms with Crippen LogP contribution < -0.4 is 10.3 Å². The van der Waals surface area contributed by atoms with Crippen LogP contribution >= 0.6 is 23.2 Å². The molecule has 130 valence electrons. The van der Waals surface area contributed by atoms with Crippen LogP contribution in [0.4, 0.5) is 0 Å². The summed E-state index contributed by atoms with van der Waals surface area (Å²) in [5, 5.41) is 0.720. The van der Waals surface area contributed by atoms with E-state index in [4.69, 9.17) is 27.9 Å². The van der Waals surface area contributed by atoms with Gasteiger partial charge in [0.25, 0.3) is 5.56 Å². The standard InChI is InChI=1S/C15H16Cl2N2O4S/c1-18(2)24(21,22)11-6-7-14(20)19(10-11)8-9-23-15-12(16)4-3-5-13(15)17/h3-7,10H,8-9H2,1-2H3. The lowest BCUT2D eigenvalue weighted by molar-refractivity contribution is 0.296. The van der Waals surface area contributed by atoms with Gasteiger partial charge in [-0.1, -0.05) is 29.3 Å². The predicted octanol–water partition coefficient (Wildman–Crippen LogP) is 2.48. The number of rotatable bonds is 6. The highest BCUT2D eigenvalue weighted by molar-refractivity contribution is 7.89. The van der Waals surface area contributed by atoms with Gasteiger partial charge in [-0.2, -0.15) is 0 Å². The maximum Gasteiger partial charge on any atom is 0.250 e. The number of halogens is 2. The first-order valence-corrected chi connectivity index (χ1v) is 9.13. The third-order valence-corrected chi connectivity index (χ3v) is 5.63. The molecule has 6 nitrogen and oxygen atoms in total. The van der Waals surface area contributed by atoms with Crippen LogP contribution in [0.5, 0.6) is 5.75 Å². The Hall–Kier alpha value is -1.54. The fourth-order valence-corrected chi connectivity index (χ4v) is 3.34. The van der Waals surface area contributed by atoms with Crippen LogP contribution in [0.3, 0.4) is 0 Å². The Labute approximate surface area is 150 Å². The second-order valence-electron chi connectivity index (χ2n) is 5.08. The van der Waals surface area contributed by atoms with Crippen molar-refractivity contribution in [3.8, 4) is 5.75 Å². The van der Waals surface area contributed by atoms with E-state index in [1.165, 1.54) is 37.0 Å². The Morgan fingerprint density at radius 1 is 1.12 bits per heavy atom. The van der Waals surface area contributed by atoms with Crippen molar-refractivity contribution in [1.29, 1.82) is 0 Å². The Balaban J connectivity index is 2.18. The Kier molecular flexibility index (Phi) is 5.92. The maximum atomic E-state index is 12.1. The van der Waals surface area contributed by atoms with Crippen molar-refractivity contribution in [1.82, 2.24) is 8.87 Å². The molecule has 24 heavy (non-hydrogen) atoms. The SMILES string of the molecule is CN(C)S(=O)(=O)c1ccc(=O)n(CCOc2c(Cl)cccc2Cl)c1. The highest BCUT2D eigenvalue weighted by atomic mass is 35.5. The van der Waals surface area contributed by atoms with Crippen molar-refractivity contribution in [2.24, 2.45) is 0 Å². The smallest absolute Gasteiger partial charge is 0.250 e. The summed E-state index contributed by atoms with van der Waals surface area (Å²) in [5.41, 5.74) is -0.332. The molecule has 2 rings (SSSR count). The first-order chi connectivity index (χ1) is 11.2. The van der Waals surface area contributed by atoms with Gasteiger partial charge < -0.3 is 9.30 Å². The minimum absolute atomic E-state index is 0.0304. The maximum absolute atomic E-state index is 12.1. The quantitative estimate of drug-likeness (QED) is 0.759. The van der Waals surface area contributed by atoms with Crippen LogP contribution in [0.1, 0.15) is 0 Å². The minimum Gasteiger partial charge on any atom is -0.489 e. The molecule has 0 amide bonds. The summed E-state index contributed by atoms with van der Waals surface area (Å²) in [4.78, 5) is 11.9. The van der Waals surface area contributed by atoms with Gasteiger partial charge in [-0.25, -0.2) is 12.7 Å². The summed E-state index contributed by atoms with van der Waals surface area (Å²) in [7, 11) is -0.768. The summed E-state index contributed by atoms with van der Waals surface area (Å²) in [6.07, 6.45) is 1.29. The van der Waals surface area contributed by atoms with Gasteiger partial charge in [0.2, 0.25) is 10.0 Å². The van der Waals surface area contributed by atoms with E-state index in [0.29, 0.717) is 15.8 Å². The zero-order chi connectivity index (χ0) is 17.9. The molecule has 0 fully saturated rings. The average molecular weight is 391 g/mol. The van der Waals surface area contributed by atoms with Crippen molar-refractivity contribution in [3.05, 3.63) is 56.9 Å². The number of nitrogens with zero attached hydrogens (tertiary/aromatic N) is 2. The molecule has 0 saturated carbocycles. The van der Waals surface area contributed by atoms with Gasteiger partial charge in [-0.15, -0.1) is 0 Å². The Morgan fingerprint density at radius 2 is 1.75 bits per heavy atom. The molecule has 0 saturated heterocycles. The monoisotopic (exact) mass is 390 g/mol. The van der Waals surface area contributed by atoms with Gasteiger partial charge in [0.15, 0.2) is 5.75 Å². The number of sulfonamides is 1. The Bertz CT molecular complexity index is 874. The van der Waals surface area contributed by atoms with Crippen LogP contribution in [-0.4, -0.2) is 38.0 Å². The second-order valence-corrected chi connectivity index (χ2v) is 8.05. The minimum atomic E-state index is -3.62. The highest BCUT2D eigenvalue weighted by Crippen LogP contribution is 2.32. The number of hydrogen-bond donors (Lipinski definition) is 0. The second kappa shape index (κ2) is 7.57. The molecular weight excluding hydrogens is 375 g/mol. The van der Waals surface area contributed by atoms with Crippen LogP contribution in [0.2, 0.25) is 10.0 Å². The van der Waals surface area contributed by atoms with Crippen LogP contribution in [-0.2, 0) is 16.6 Å². The molecule has 2 aromatic rings. The third kappa shape index (κ3) is 4.10. The van der Waals surface area contributed by atoms with Crippen molar-refractivity contribution in [2.45, 2.75) is 11.4 Å². The molecule has 0 N–H and O–H groups in total. The highest BCUT2D eigenvalue weighted by Gasteiger charge is 2.18. The summed E-state index contributed by atoms with van der Waals surface area (Å²) in [6, 6.07) is 7.45. The van der Waals surface area contributed by atoms with E-state index >= 15 is 0 Å². The van der Waals surface area contributed by atoms with E-state index in [9.17, 15) is 13.2 Å². The topological polar surface area (TPSA) is 68.6 Å². The van der Waals surface area contributed by atoms with Gasteiger partial charge in [0.05, 0.1) is 21.5 Å². The summed E-state index contributed by atoms with van der Waals surface area (Å²) >= 11 is 12.0. The first kappa shape index (κ1) is 18.8. The van der Waals surface area contributed by atoms with Gasteiger partial charge >= 0.3 is 0 Å². The molecule has 0 aliphatic carbocycles. The lowest BCUT2D eigenvalue weighted by Crippen LogP contribution is -2.27. The molecule has 0 radical (unpaired) electrons.